The molecule has 3 heterocycles. The van der Waals surface area contributed by atoms with Crippen LogP contribution in [0.25, 0.3) is 10.6 Å². The Morgan fingerprint density at radius 2 is 2.06 bits per heavy atom. The number of ether oxygens (including phenoxy) is 1. The first-order valence-electron chi connectivity index (χ1n) is 11.6. The van der Waals surface area contributed by atoms with Crippen LogP contribution in [0.2, 0.25) is 0 Å². The molecule has 13 heteroatoms. The SMILES string of the molecule is CCOc1cncc(-c2cnc(C(=O)NC(CCN(C)C)c3cc(NS(=O)(=O)C4CC4)ccn3)s2)n1. The van der Waals surface area contributed by atoms with Gasteiger partial charge in [0.1, 0.15) is 5.69 Å². The van der Waals surface area contributed by atoms with Gasteiger partial charge in [-0.25, -0.2) is 18.4 Å². The number of amides is 1. The highest BCUT2D eigenvalue weighted by atomic mass is 32.2. The van der Waals surface area contributed by atoms with Gasteiger partial charge in [0.2, 0.25) is 15.9 Å². The topological polar surface area (TPSA) is 139 Å². The summed E-state index contributed by atoms with van der Waals surface area (Å²) in [6.45, 7) is 3.02. The van der Waals surface area contributed by atoms with Crippen LogP contribution in [0.4, 0.5) is 5.69 Å². The number of rotatable bonds is 12. The lowest BCUT2D eigenvalue weighted by atomic mass is 10.1. The molecule has 0 aromatic carbocycles. The highest BCUT2D eigenvalue weighted by Gasteiger charge is 2.35. The van der Waals surface area contributed by atoms with Crippen molar-refractivity contribution in [1.29, 1.82) is 0 Å². The van der Waals surface area contributed by atoms with Crippen molar-refractivity contribution in [3.63, 3.8) is 0 Å². The number of nitrogens with zero attached hydrogens (tertiary/aromatic N) is 5. The average molecular weight is 532 g/mol. The Morgan fingerprint density at radius 3 is 2.78 bits per heavy atom. The summed E-state index contributed by atoms with van der Waals surface area (Å²) < 4.78 is 32.8. The summed E-state index contributed by atoms with van der Waals surface area (Å²) in [7, 11) is 0.476. The van der Waals surface area contributed by atoms with Gasteiger partial charge in [-0.1, -0.05) is 0 Å². The molecule has 0 saturated heterocycles. The molecule has 3 aromatic heterocycles. The molecule has 0 spiro atoms. The largest absolute Gasteiger partial charge is 0.477 e. The number of sulfonamides is 1. The van der Waals surface area contributed by atoms with Crippen LogP contribution in [0.1, 0.15) is 47.7 Å². The Hall–Kier alpha value is -3.16. The molecule has 0 bridgehead atoms. The minimum absolute atomic E-state index is 0.272. The van der Waals surface area contributed by atoms with Gasteiger partial charge < -0.3 is 15.0 Å². The van der Waals surface area contributed by atoms with E-state index in [2.05, 4.69) is 30.0 Å². The molecule has 1 amide bonds. The van der Waals surface area contributed by atoms with Gasteiger partial charge >= 0.3 is 0 Å². The summed E-state index contributed by atoms with van der Waals surface area (Å²) in [6, 6.07) is 2.83. The van der Waals surface area contributed by atoms with Crippen LogP contribution in [0.5, 0.6) is 5.88 Å². The molecule has 1 aliphatic carbocycles. The van der Waals surface area contributed by atoms with Crippen LogP contribution >= 0.6 is 11.3 Å². The van der Waals surface area contributed by atoms with Crippen molar-refractivity contribution in [3.05, 3.63) is 47.6 Å². The number of carbonyl (C=O) groups is 1. The Labute approximate surface area is 214 Å². The monoisotopic (exact) mass is 531 g/mol. The fraction of sp³-hybridized carbons (Fsp3) is 0.435. The number of anilines is 1. The van der Waals surface area contributed by atoms with E-state index in [9.17, 15) is 13.2 Å². The van der Waals surface area contributed by atoms with Crippen LogP contribution < -0.4 is 14.8 Å². The first-order valence-corrected chi connectivity index (χ1v) is 14.0. The number of nitrogens with one attached hydrogen (secondary N) is 2. The lowest BCUT2D eigenvalue weighted by Gasteiger charge is -2.20. The fourth-order valence-corrected chi connectivity index (χ4v) is 5.56. The molecule has 0 radical (unpaired) electrons. The lowest BCUT2D eigenvalue weighted by Crippen LogP contribution is -2.31. The number of pyridine rings is 1. The van der Waals surface area contributed by atoms with Crippen LogP contribution in [0, 0.1) is 0 Å². The predicted molar refractivity (Wildman–Crippen MR) is 137 cm³/mol. The summed E-state index contributed by atoms with van der Waals surface area (Å²) >= 11 is 1.20. The Balaban J connectivity index is 1.51. The number of hydrogen-bond acceptors (Lipinski definition) is 10. The Morgan fingerprint density at radius 1 is 1.25 bits per heavy atom. The second-order valence-corrected chi connectivity index (χ2v) is 11.6. The van der Waals surface area contributed by atoms with Crippen LogP contribution in [-0.4, -0.2) is 71.7 Å². The van der Waals surface area contributed by atoms with Crippen molar-refractivity contribution in [3.8, 4) is 16.5 Å². The molecule has 4 rings (SSSR count). The van der Waals surface area contributed by atoms with Gasteiger partial charge in [0, 0.05) is 12.4 Å². The van der Waals surface area contributed by atoms with E-state index in [1.54, 1.807) is 30.7 Å². The maximum Gasteiger partial charge on any atom is 0.280 e. The van der Waals surface area contributed by atoms with Crippen LogP contribution in [-0.2, 0) is 10.0 Å². The third-order valence-corrected chi connectivity index (χ3v) is 8.28. The molecule has 1 atom stereocenters. The van der Waals surface area contributed by atoms with Crippen molar-refractivity contribution in [2.75, 3.05) is 32.0 Å². The normalized spacial score (nSPS) is 14.4. The van der Waals surface area contributed by atoms with Gasteiger partial charge in [-0.3, -0.25) is 19.5 Å². The van der Waals surface area contributed by atoms with Gasteiger partial charge in [-0.15, -0.1) is 11.3 Å². The third-order valence-electron chi connectivity index (χ3n) is 5.39. The number of carbonyl (C=O) groups excluding carboxylic acids is 1. The molecular formula is C23H29N7O4S2. The first kappa shape index (κ1) is 25.9. The second kappa shape index (κ2) is 11.3. The quantitative estimate of drug-likeness (QED) is 0.361. The second-order valence-electron chi connectivity index (χ2n) is 8.64. The molecule has 1 fully saturated rings. The standard InChI is InChI=1S/C23H29N7O4S2/c1-4-34-21-14-24-12-19(27-21)20-13-26-23(35-20)22(31)28-17(8-10-30(2)3)18-11-15(7-9-25-18)29-36(32,33)16-5-6-16/h7,9,11-14,16-17H,4-6,8,10H2,1-3H3,(H,25,29)(H,28,31). The Kier molecular flexibility index (Phi) is 8.11. The van der Waals surface area contributed by atoms with E-state index in [-0.39, 0.29) is 16.2 Å². The molecule has 1 saturated carbocycles. The van der Waals surface area contributed by atoms with Crippen LogP contribution in [0.15, 0.2) is 36.9 Å². The predicted octanol–water partition coefficient (Wildman–Crippen LogP) is 2.72. The van der Waals surface area contributed by atoms with Crippen molar-refractivity contribution < 1.29 is 17.9 Å². The maximum absolute atomic E-state index is 13.1. The summed E-state index contributed by atoms with van der Waals surface area (Å²) in [5.41, 5.74) is 1.56. The van der Waals surface area contributed by atoms with Crippen molar-refractivity contribution >= 4 is 33.0 Å². The summed E-state index contributed by atoms with van der Waals surface area (Å²) in [5.74, 6) is 0.0520. The highest BCUT2D eigenvalue weighted by Crippen LogP contribution is 2.30. The first-order chi connectivity index (χ1) is 17.2. The average Bonchev–Trinajstić information content (AvgIpc) is 3.60. The van der Waals surface area contributed by atoms with Crippen molar-refractivity contribution in [2.24, 2.45) is 0 Å². The minimum Gasteiger partial charge on any atom is -0.477 e. The highest BCUT2D eigenvalue weighted by molar-refractivity contribution is 7.93. The molecule has 1 aliphatic rings. The van der Waals surface area contributed by atoms with E-state index < -0.39 is 16.1 Å². The van der Waals surface area contributed by atoms with E-state index >= 15 is 0 Å². The molecule has 192 valence electrons. The zero-order valence-electron chi connectivity index (χ0n) is 20.3. The zero-order valence-corrected chi connectivity index (χ0v) is 22.0. The lowest BCUT2D eigenvalue weighted by molar-refractivity contribution is 0.0931. The van der Waals surface area contributed by atoms with Crippen molar-refractivity contribution in [1.82, 2.24) is 30.2 Å². The summed E-state index contributed by atoms with van der Waals surface area (Å²) in [6.07, 6.45) is 8.17. The molecule has 11 nitrogen and oxygen atoms in total. The number of thiazole rings is 1. The molecule has 3 aromatic rings. The third kappa shape index (κ3) is 6.74. The van der Waals surface area contributed by atoms with Gasteiger partial charge in [-0.05, 0) is 59.0 Å². The van der Waals surface area contributed by atoms with E-state index in [1.807, 2.05) is 25.9 Å². The zero-order chi connectivity index (χ0) is 25.7. The van der Waals surface area contributed by atoms with Crippen molar-refractivity contribution in [2.45, 2.75) is 37.5 Å². The van der Waals surface area contributed by atoms with Gasteiger partial charge in [0.15, 0.2) is 5.01 Å². The molecule has 36 heavy (non-hydrogen) atoms. The van der Waals surface area contributed by atoms with E-state index in [4.69, 9.17) is 4.74 Å². The van der Waals surface area contributed by atoms with E-state index in [0.29, 0.717) is 60.2 Å². The van der Waals surface area contributed by atoms with Crippen LogP contribution in [0.3, 0.4) is 0 Å². The molecule has 0 aliphatic heterocycles. The summed E-state index contributed by atoms with van der Waals surface area (Å²) in [5, 5.41) is 2.94. The molecule has 2 N–H and O–H groups in total. The molecular weight excluding hydrogens is 502 g/mol. The number of hydrogen-bond donors (Lipinski definition) is 2. The van der Waals surface area contributed by atoms with Gasteiger partial charge in [-0.2, -0.15) is 0 Å². The number of aromatic nitrogens is 4. The summed E-state index contributed by atoms with van der Waals surface area (Å²) in [4.78, 5) is 33.1. The minimum atomic E-state index is -3.41. The Bertz CT molecular complexity index is 1310. The maximum atomic E-state index is 13.1. The fourth-order valence-electron chi connectivity index (χ4n) is 3.41. The molecule has 1 unspecified atom stereocenters. The smallest absolute Gasteiger partial charge is 0.280 e. The van der Waals surface area contributed by atoms with E-state index in [0.717, 1.165) is 0 Å². The van der Waals surface area contributed by atoms with Gasteiger partial charge in [0.25, 0.3) is 5.91 Å². The van der Waals surface area contributed by atoms with Gasteiger partial charge in [0.05, 0.1) is 46.6 Å². The van der Waals surface area contributed by atoms with E-state index in [1.165, 1.54) is 17.5 Å².